The van der Waals surface area contributed by atoms with Crippen LogP contribution in [-0.2, 0) is 0 Å². The number of hydrogen-bond acceptors (Lipinski definition) is 1. The second-order valence-electron chi connectivity index (χ2n) is 7.38. The quantitative estimate of drug-likeness (QED) is 0.341. The Bertz CT molecular complexity index is 1040. The van der Waals surface area contributed by atoms with E-state index in [1.807, 2.05) is 6.08 Å². The Hall–Kier alpha value is -3.58. The first kappa shape index (κ1) is 18.8. The average molecular weight is 376 g/mol. The highest BCUT2D eigenvalue weighted by Crippen LogP contribution is 2.35. The van der Waals surface area contributed by atoms with Crippen LogP contribution < -0.4 is 4.90 Å². The maximum Gasteiger partial charge on any atom is 0.0462 e. The summed E-state index contributed by atoms with van der Waals surface area (Å²) in [5.74, 6) is 0. The van der Waals surface area contributed by atoms with Gasteiger partial charge in [-0.15, -0.1) is 0 Å². The van der Waals surface area contributed by atoms with E-state index in [2.05, 4.69) is 122 Å². The van der Waals surface area contributed by atoms with Crippen molar-refractivity contribution in [2.75, 3.05) is 4.90 Å². The number of rotatable bonds is 5. The molecule has 0 bridgehead atoms. The summed E-state index contributed by atoms with van der Waals surface area (Å²) >= 11 is 0. The monoisotopic (exact) mass is 375 g/mol. The van der Waals surface area contributed by atoms with Crippen LogP contribution in [-0.4, -0.2) is 0 Å². The van der Waals surface area contributed by atoms with Crippen molar-refractivity contribution in [1.29, 1.82) is 0 Å². The van der Waals surface area contributed by atoms with Crippen molar-refractivity contribution >= 4 is 23.1 Å². The molecule has 0 N–H and O–H groups in total. The van der Waals surface area contributed by atoms with Gasteiger partial charge in [0.15, 0.2) is 0 Å². The Kier molecular flexibility index (Phi) is 5.31. The van der Waals surface area contributed by atoms with Crippen LogP contribution in [0.2, 0.25) is 0 Å². The molecule has 0 spiro atoms. The predicted octanol–water partition coefficient (Wildman–Crippen LogP) is 8.08. The van der Waals surface area contributed by atoms with Gasteiger partial charge in [-0.3, -0.25) is 0 Å². The van der Waals surface area contributed by atoms with Crippen LogP contribution >= 0.6 is 0 Å². The fourth-order valence-electron chi connectivity index (χ4n) is 3.45. The zero-order chi connectivity index (χ0) is 20.2. The molecule has 29 heavy (non-hydrogen) atoms. The van der Waals surface area contributed by atoms with Crippen LogP contribution in [0.1, 0.15) is 16.7 Å². The molecule has 0 atom stereocenters. The molecule has 4 aromatic rings. The lowest BCUT2D eigenvalue weighted by Crippen LogP contribution is -2.09. The molecule has 0 saturated heterocycles. The fraction of sp³-hybridized carbons (Fsp3) is 0.0714. The number of nitrogens with zero attached hydrogens (tertiary/aromatic N) is 1. The second-order valence-corrected chi connectivity index (χ2v) is 7.38. The molecular weight excluding hydrogens is 350 g/mol. The van der Waals surface area contributed by atoms with Gasteiger partial charge in [-0.2, -0.15) is 0 Å². The summed E-state index contributed by atoms with van der Waals surface area (Å²) in [5, 5.41) is 0. The van der Waals surface area contributed by atoms with Crippen LogP contribution in [0.25, 0.3) is 17.2 Å². The molecule has 0 aliphatic rings. The van der Waals surface area contributed by atoms with Crippen molar-refractivity contribution in [2.24, 2.45) is 0 Å². The summed E-state index contributed by atoms with van der Waals surface area (Å²) in [4.78, 5) is 2.30. The Labute approximate surface area is 173 Å². The van der Waals surface area contributed by atoms with Crippen LogP contribution in [0.5, 0.6) is 0 Å². The Morgan fingerprint density at radius 2 is 0.862 bits per heavy atom. The summed E-state index contributed by atoms with van der Waals surface area (Å²) in [6.45, 7) is 8.06. The molecule has 1 heteroatoms. The topological polar surface area (TPSA) is 3.24 Å². The number of aryl methyl sites for hydroxylation is 2. The van der Waals surface area contributed by atoms with Gasteiger partial charge >= 0.3 is 0 Å². The number of anilines is 3. The second kappa shape index (κ2) is 8.20. The molecule has 0 aliphatic heterocycles. The van der Waals surface area contributed by atoms with Crippen LogP contribution in [0, 0.1) is 13.8 Å². The van der Waals surface area contributed by atoms with Crippen molar-refractivity contribution in [2.45, 2.75) is 13.8 Å². The van der Waals surface area contributed by atoms with Gasteiger partial charge in [0.1, 0.15) is 0 Å². The first-order chi connectivity index (χ1) is 14.1. The minimum absolute atomic E-state index is 1.13. The zero-order valence-corrected chi connectivity index (χ0v) is 17.0. The van der Waals surface area contributed by atoms with Gasteiger partial charge in [-0.1, -0.05) is 84.4 Å². The molecule has 0 heterocycles. The predicted molar refractivity (Wildman–Crippen MR) is 126 cm³/mol. The summed E-state index contributed by atoms with van der Waals surface area (Å²) in [7, 11) is 0. The highest BCUT2D eigenvalue weighted by Gasteiger charge is 2.12. The average Bonchev–Trinajstić information content (AvgIpc) is 2.77. The normalized spacial score (nSPS) is 10.6. The van der Waals surface area contributed by atoms with Crippen LogP contribution in [0.4, 0.5) is 17.1 Å². The van der Waals surface area contributed by atoms with E-state index in [1.165, 1.54) is 22.3 Å². The number of benzene rings is 4. The van der Waals surface area contributed by atoms with Crippen molar-refractivity contribution in [3.63, 3.8) is 0 Å². The lowest BCUT2D eigenvalue weighted by atomic mass is 10.0. The van der Waals surface area contributed by atoms with Gasteiger partial charge in [-0.05, 0) is 66.9 Å². The molecule has 142 valence electrons. The lowest BCUT2D eigenvalue weighted by Gasteiger charge is -2.26. The Balaban J connectivity index is 1.72. The molecular formula is C28H25N. The summed E-state index contributed by atoms with van der Waals surface area (Å²) in [6.07, 6.45) is 1.87. The highest BCUT2D eigenvalue weighted by atomic mass is 15.1. The number of hydrogen-bond donors (Lipinski definition) is 0. The summed E-state index contributed by atoms with van der Waals surface area (Å²) < 4.78 is 0. The molecule has 0 saturated carbocycles. The minimum Gasteiger partial charge on any atom is -0.311 e. The lowest BCUT2D eigenvalue weighted by molar-refractivity contribution is 1.27. The minimum atomic E-state index is 1.13. The molecule has 0 aliphatic carbocycles. The maximum atomic E-state index is 3.83. The van der Waals surface area contributed by atoms with Gasteiger partial charge in [0.05, 0.1) is 0 Å². The van der Waals surface area contributed by atoms with E-state index in [4.69, 9.17) is 0 Å². The molecule has 0 unspecified atom stereocenters. The van der Waals surface area contributed by atoms with Gasteiger partial charge in [0, 0.05) is 17.1 Å². The van der Waals surface area contributed by atoms with Crippen molar-refractivity contribution in [3.05, 3.63) is 120 Å². The largest absolute Gasteiger partial charge is 0.311 e. The first-order valence-corrected chi connectivity index (χ1v) is 9.90. The van der Waals surface area contributed by atoms with Gasteiger partial charge < -0.3 is 4.90 Å². The summed E-state index contributed by atoms with van der Waals surface area (Å²) in [5.41, 5.74) is 9.52. The van der Waals surface area contributed by atoms with Crippen LogP contribution in [0.15, 0.2) is 104 Å². The van der Waals surface area contributed by atoms with Gasteiger partial charge in [0.25, 0.3) is 0 Å². The van der Waals surface area contributed by atoms with E-state index in [1.54, 1.807) is 0 Å². The standard InChI is InChI=1S/C28H25N/c1-4-23-9-11-24(12-10-23)25-13-19-28(20-14-25)29(26-15-5-21(2)6-16-26)27-17-7-22(3)8-18-27/h4-20H,1H2,2-3H3. The van der Waals surface area contributed by atoms with Gasteiger partial charge in [0.2, 0.25) is 0 Å². The molecule has 1 nitrogen and oxygen atoms in total. The maximum absolute atomic E-state index is 3.83. The molecule has 0 radical (unpaired) electrons. The fourth-order valence-corrected chi connectivity index (χ4v) is 3.45. The van der Waals surface area contributed by atoms with Gasteiger partial charge in [-0.25, -0.2) is 0 Å². The zero-order valence-electron chi connectivity index (χ0n) is 17.0. The third-order valence-electron chi connectivity index (χ3n) is 5.19. The SMILES string of the molecule is C=Cc1ccc(-c2ccc(N(c3ccc(C)cc3)c3ccc(C)cc3)cc2)cc1. The molecule has 0 amide bonds. The van der Waals surface area contributed by atoms with E-state index >= 15 is 0 Å². The third-order valence-corrected chi connectivity index (χ3v) is 5.19. The molecule has 0 aromatic heterocycles. The van der Waals surface area contributed by atoms with E-state index in [9.17, 15) is 0 Å². The highest BCUT2D eigenvalue weighted by molar-refractivity contribution is 5.78. The first-order valence-electron chi connectivity index (χ1n) is 9.90. The summed E-state index contributed by atoms with van der Waals surface area (Å²) in [6, 6.07) is 34.6. The van der Waals surface area contributed by atoms with Crippen LogP contribution in [0.3, 0.4) is 0 Å². The Morgan fingerprint density at radius 1 is 0.517 bits per heavy atom. The molecule has 4 aromatic carbocycles. The third kappa shape index (κ3) is 4.14. The van der Waals surface area contributed by atoms with E-state index in [-0.39, 0.29) is 0 Å². The van der Waals surface area contributed by atoms with E-state index in [0.29, 0.717) is 0 Å². The van der Waals surface area contributed by atoms with E-state index in [0.717, 1.165) is 22.6 Å². The van der Waals surface area contributed by atoms with Crippen molar-refractivity contribution in [1.82, 2.24) is 0 Å². The smallest absolute Gasteiger partial charge is 0.0462 e. The Morgan fingerprint density at radius 3 is 1.24 bits per heavy atom. The molecule has 0 fully saturated rings. The van der Waals surface area contributed by atoms with Crippen molar-refractivity contribution in [3.8, 4) is 11.1 Å². The van der Waals surface area contributed by atoms with E-state index < -0.39 is 0 Å². The van der Waals surface area contributed by atoms with Crippen molar-refractivity contribution < 1.29 is 0 Å². The molecule has 4 rings (SSSR count).